The van der Waals surface area contributed by atoms with Gasteiger partial charge in [-0.05, 0) is 50.7 Å². The smallest absolute Gasteiger partial charge is 0.221 e. The Morgan fingerprint density at radius 2 is 1.10 bits per heavy atom. The van der Waals surface area contributed by atoms with Crippen LogP contribution in [0.5, 0.6) is 0 Å². The van der Waals surface area contributed by atoms with Crippen molar-refractivity contribution in [1.82, 2.24) is 10.6 Å². The van der Waals surface area contributed by atoms with E-state index in [9.17, 15) is 9.59 Å². The number of hydrogen-bond donors (Lipinski definition) is 2. The van der Waals surface area contributed by atoms with Crippen LogP contribution in [0.3, 0.4) is 0 Å². The molecule has 0 aliphatic carbocycles. The SMILES string of the molecule is CC(CCc1ccccc1)NC(=O)CCSCCC(=O)NC(C)CCc1ccccc1. The van der Waals surface area contributed by atoms with Gasteiger partial charge in [-0.1, -0.05) is 60.7 Å². The maximum atomic E-state index is 12.1. The highest BCUT2D eigenvalue weighted by Crippen LogP contribution is 2.08. The van der Waals surface area contributed by atoms with Crippen molar-refractivity contribution in [2.45, 2.75) is 64.5 Å². The third kappa shape index (κ3) is 11.6. The summed E-state index contributed by atoms with van der Waals surface area (Å²) in [5, 5.41) is 6.14. The second kappa shape index (κ2) is 14.7. The summed E-state index contributed by atoms with van der Waals surface area (Å²) < 4.78 is 0. The summed E-state index contributed by atoms with van der Waals surface area (Å²) in [6.45, 7) is 4.11. The van der Waals surface area contributed by atoms with E-state index in [-0.39, 0.29) is 23.9 Å². The monoisotopic (exact) mass is 440 g/mol. The Balaban J connectivity index is 1.48. The summed E-state index contributed by atoms with van der Waals surface area (Å²) in [7, 11) is 0. The van der Waals surface area contributed by atoms with Crippen LogP contribution >= 0.6 is 11.8 Å². The van der Waals surface area contributed by atoms with Crippen LogP contribution in [0.1, 0.15) is 50.7 Å². The van der Waals surface area contributed by atoms with Crippen molar-refractivity contribution >= 4 is 23.6 Å². The molecular weight excluding hydrogens is 404 g/mol. The Kier molecular flexibility index (Phi) is 11.8. The molecule has 0 fully saturated rings. The zero-order chi connectivity index (χ0) is 22.3. The molecule has 0 heterocycles. The Bertz CT molecular complexity index is 702. The number of carbonyl (C=O) groups is 2. The molecule has 2 rings (SSSR count). The molecular formula is C26H36N2O2S. The highest BCUT2D eigenvalue weighted by atomic mass is 32.2. The van der Waals surface area contributed by atoms with Gasteiger partial charge in [-0.3, -0.25) is 9.59 Å². The van der Waals surface area contributed by atoms with Gasteiger partial charge in [-0.15, -0.1) is 0 Å². The number of carbonyl (C=O) groups excluding carboxylic acids is 2. The summed E-state index contributed by atoms with van der Waals surface area (Å²) in [6, 6.07) is 21.0. The van der Waals surface area contributed by atoms with Crippen LogP contribution in [0.25, 0.3) is 0 Å². The second-order valence-electron chi connectivity index (χ2n) is 8.10. The fourth-order valence-electron chi connectivity index (χ4n) is 3.33. The number of nitrogens with one attached hydrogen (secondary N) is 2. The van der Waals surface area contributed by atoms with E-state index in [0.29, 0.717) is 12.8 Å². The van der Waals surface area contributed by atoms with Crippen molar-refractivity contribution in [2.75, 3.05) is 11.5 Å². The van der Waals surface area contributed by atoms with Crippen LogP contribution in [-0.2, 0) is 22.4 Å². The van der Waals surface area contributed by atoms with Crippen molar-refractivity contribution in [1.29, 1.82) is 0 Å². The van der Waals surface area contributed by atoms with Gasteiger partial charge in [0.15, 0.2) is 0 Å². The fourth-order valence-corrected chi connectivity index (χ4v) is 4.19. The van der Waals surface area contributed by atoms with Gasteiger partial charge >= 0.3 is 0 Å². The third-order valence-corrected chi connectivity index (χ3v) is 6.16. The number of amides is 2. The molecule has 31 heavy (non-hydrogen) atoms. The highest BCUT2D eigenvalue weighted by molar-refractivity contribution is 7.99. The number of thioether (sulfide) groups is 1. The van der Waals surface area contributed by atoms with Crippen molar-refractivity contribution in [3.8, 4) is 0 Å². The summed E-state index contributed by atoms with van der Waals surface area (Å²) in [5.74, 6) is 1.67. The van der Waals surface area contributed by atoms with E-state index in [1.165, 1.54) is 11.1 Å². The molecule has 0 saturated carbocycles. The first-order valence-electron chi connectivity index (χ1n) is 11.3. The number of hydrogen-bond acceptors (Lipinski definition) is 3. The lowest BCUT2D eigenvalue weighted by Gasteiger charge is -2.14. The van der Waals surface area contributed by atoms with Gasteiger partial charge in [-0.2, -0.15) is 11.8 Å². The minimum atomic E-state index is 0.0899. The van der Waals surface area contributed by atoms with Crippen molar-refractivity contribution < 1.29 is 9.59 Å². The molecule has 2 unspecified atom stereocenters. The van der Waals surface area contributed by atoms with E-state index < -0.39 is 0 Å². The molecule has 2 aromatic carbocycles. The molecule has 0 aromatic heterocycles. The molecule has 0 saturated heterocycles. The van der Waals surface area contributed by atoms with Gasteiger partial charge in [0.2, 0.25) is 11.8 Å². The molecule has 0 radical (unpaired) electrons. The maximum absolute atomic E-state index is 12.1. The maximum Gasteiger partial charge on any atom is 0.221 e. The quantitative estimate of drug-likeness (QED) is 0.416. The molecule has 2 atom stereocenters. The standard InChI is InChI=1S/C26H36N2O2S/c1-21(13-15-23-9-5-3-6-10-23)27-25(29)17-19-31-20-18-26(30)28-22(2)14-16-24-11-7-4-8-12-24/h3-12,21-22H,13-20H2,1-2H3,(H,27,29)(H,28,30). The average molecular weight is 441 g/mol. The van der Waals surface area contributed by atoms with Gasteiger partial charge in [0, 0.05) is 36.4 Å². The van der Waals surface area contributed by atoms with E-state index >= 15 is 0 Å². The number of benzene rings is 2. The van der Waals surface area contributed by atoms with Crippen LogP contribution in [0, 0.1) is 0 Å². The Labute approximate surface area is 191 Å². The Morgan fingerprint density at radius 1 is 0.710 bits per heavy atom. The molecule has 2 amide bonds. The lowest BCUT2D eigenvalue weighted by molar-refractivity contribution is -0.122. The first-order valence-corrected chi connectivity index (χ1v) is 12.4. The predicted octanol–water partition coefficient (Wildman–Crippen LogP) is 4.77. The number of rotatable bonds is 14. The molecule has 2 aromatic rings. The van der Waals surface area contributed by atoms with E-state index in [1.807, 2.05) is 36.4 Å². The molecule has 0 bridgehead atoms. The van der Waals surface area contributed by atoms with Gasteiger partial charge < -0.3 is 10.6 Å². The molecule has 4 nitrogen and oxygen atoms in total. The second-order valence-corrected chi connectivity index (χ2v) is 9.32. The van der Waals surface area contributed by atoms with Crippen molar-refractivity contribution in [3.05, 3.63) is 71.8 Å². The molecule has 5 heteroatoms. The molecule has 2 N–H and O–H groups in total. The third-order valence-electron chi connectivity index (χ3n) is 5.18. The minimum absolute atomic E-state index is 0.0899. The normalized spacial score (nSPS) is 12.7. The average Bonchev–Trinajstić information content (AvgIpc) is 2.77. The highest BCUT2D eigenvalue weighted by Gasteiger charge is 2.09. The van der Waals surface area contributed by atoms with Crippen LogP contribution < -0.4 is 10.6 Å². The predicted molar refractivity (Wildman–Crippen MR) is 131 cm³/mol. The first-order chi connectivity index (χ1) is 15.0. The van der Waals surface area contributed by atoms with Gasteiger partial charge in [0.05, 0.1) is 0 Å². The van der Waals surface area contributed by atoms with Gasteiger partial charge in [-0.25, -0.2) is 0 Å². The largest absolute Gasteiger partial charge is 0.354 e. The van der Waals surface area contributed by atoms with Gasteiger partial charge in [0.1, 0.15) is 0 Å². The zero-order valence-electron chi connectivity index (χ0n) is 18.8. The fraction of sp³-hybridized carbons (Fsp3) is 0.462. The van der Waals surface area contributed by atoms with E-state index in [2.05, 4.69) is 48.7 Å². The molecule has 168 valence electrons. The molecule has 0 aliphatic rings. The number of aryl methyl sites for hydroxylation is 2. The van der Waals surface area contributed by atoms with Gasteiger partial charge in [0.25, 0.3) is 0 Å². The lowest BCUT2D eigenvalue weighted by atomic mass is 10.1. The Hall–Kier alpha value is -2.27. The van der Waals surface area contributed by atoms with Crippen LogP contribution in [-0.4, -0.2) is 35.4 Å². The topological polar surface area (TPSA) is 58.2 Å². The first kappa shape index (κ1) is 25.0. The van der Waals surface area contributed by atoms with E-state index in [1.54, 1.807) is 11.8 Å². The summed E-state index contributed by atoms with van der Waals surface area (Å²) in [6.07, 6.45) is 4.80. The minimum Gasteiger partial charge on any atom is -0.354 e. The summed E-state index contributed by atoms with van der Waals surface area (Å²) in [4.78, 5) is 24.2. The van der Waals surface area contributed by atoms with Crippen molar-refractivity contribution in [2.24, 2.45) is 0 Å². The molecule has 0 spiro atoms. The Morgan fingerprint density at radius 3 is 1.48 bits per heavy atom. The molecule has 0 aliphatic heterocycles. The summed E-state index contributed by atoms with van der Waals surface area (Å²) >= 11 is 1.66. The lowest BCUT2D eigenvalue weighted by Crippen LogP contribution is -2.33. The van der Waals surface area contributed by atoms with Crippen LogP contribution in [0.15, 0.2) is 60.7 Å². The van der Waals surface area contributed by atoms with E-state index in [0.717, 1.165) is 37.2 Å². The summed E-state index contributed by atoms with van der Waals surface area (Å²) in [5.41, 5.74) is 2.60. The van der Waals surface area contributed by atoms with E-state index in [4.69, 9.17) is 0 Å². The van der Waals surface area contributed by atoms with Crippen molar-refractivity contribution in [3.63, 3.8) is 0 Å². The van der Waals surface area contributed by atoms with Crippen LogP contribution in [0.4, 0.5) is 0 Å². The zero-order valence-corrected chi connectivity index (χ0v) is 19.6. The van der Waals surface area contributed by atoms with Crippen LogP contribution in [0.2, 0.25) is 0 Å².